The zero-order valence-corrected chi connectivity index (χ0v) is 11.8. The van der Waals surface area contributed by atoms with E-state index in [4.69, 9.17) is 5.11 Å². The first-order valence-electron chi connectivity index (χ1n) is 6.83. The molecule has 0 unspecified atom stereocenters. The molecule has 0 amide bonds. The number of carbonyl (C=O) groups is 2. The lowest BCUT2D eigenvalue weighted by Gasteiger charge is -2.06. The van der Waals surface area contributed by atoms with E-state index in [1.54, 1.807) is 10.8 Å². The summed E-state index contributed by atoms with van der Waals surface area (Å²) in [7, 11) is 0. The van der Waals surface area contributed by atoms with Gasteiger partial charge in [-0.15, -0.1) is 0 Å². The summed E-state index contributed by atoms with van der Waals surface area (Å²) in [6.07, 6.45) is 2.79. The maximum atomic E-state index is 12.3. The van der Waals surface area contributed by atoms with Gasteiger partial charge in [-0.2, -0.15) is 0 Å². The minimum absolute atomic E-state index is 0.0535. The van der Waals surface area contributed by atoms with Crippen LogP contribution in [-0.4, -0.2) is 21.6 Å². The van der Waals surface area contributed by atoms with Gasteiger partial charge in [0.2, 0.25) is 5.91 Å². The third-order valence-corrected chi connectivity index (χ3v) is 3.25. The van der Waals surface area contributed by atoms with Gasteiger partial charge in [0.05, 0.1) is 5.52 Å². The molecule has 2 aromatic rings. The predicted molar refractivity (Wildman–Crippen MR) is 78.0 cm³/mol. The van der Waals surface area contributed by atoms with E-state index in [0.29, 0.717) is 18.8 Å². The average molecular weight is 273 g/mol. The van der Waals surface area contributed by atoms with Crippen molar-refractivity contribution in [1.82, 2.24) is 4.57 Å². The van der Waals surface area contributed by atoms with Crippen LogP contribution in [0.1, 0.15) is 37.0 Å². The van der Waals surface area contributed by atoms with Crippen LogP contribution in [-0.2, 0) is 11.2 Å². The van der Waals surface area contributed by atoms with Crippen molar-refractivity contribution in [2.45, 2.75) is 33.1 Å². The molecule has 0 aliphatic heterocycles. The Kier molecular flexibility index (Phi) is 4.23. The smallest absolute Gasteiger partial charge is 0.303 e. The van der Waals surface area contributed by atoms with Gasteiger partial charge in [-0.1, -0.05) is 32.0 Å². The van der Waals surface area contributed by atoms with Gasteiger partial charge in [0.15, 0.2) is 0 Å². The molecule has 0 aliphatic carbocycles. The van der Waals surface area contributed by atoms with E-state index in [-0.39, 0.29) is 12.3 Å². The van der Waals surface area contributed by atoms with Crippen LogP contribution in [0.15, 0.2) is 30.5 Å². The van der Waals surface area contributed by atoms with E-state index in [0.717, 1.165) is 16.5 Å². The minimum atomic E-state index is -0.824. The van der Waals surface area contributed by atoms with Crippen molar-refractivity contribution in [2.75, 3.05) is 0 Å². The predicted octanol–water partition coefficient (Wildman–Crippen LogP) is 3.34. The van der Waals surface area contributed by atoms with Crippen LogP contribution in [0, 0.1) is 5.92 Å². The maximum Gasteiger partial charge on any atom is 0.303 e. The zero-order valence-electron chi connectivity index (χ0n) is 11.8. The number of carbonyl (C=O) groups excluding carboxylic acids is 1. The second kappa shape index (κ2) is 5.90. The quantitative estimate of drug-likeness (QED) is 0.908. The highest BCUT2D eigenvalue weighted by atomic mass is 16.4. The summed E-state index contributed by atoms with van der Waals surface area (Å²) >= 11 is 0. The molecular weight excluding hydrogens is 254 g/mol. The van der Waals surface area contributed by atoms with Gasteiger partial charge in [0.1, 0.15) is 0 Å². The molecule has 0 saturated carbocycles. The number of carboxylic acid groups (broad SMARTS) is 1. The number of hydrogen-bond donors (Lipinski definition) is 1. The molecule has 4 heteroatoms. The SMILES string of the molecule is CC(C)CC(=O)n1cc(CCC(=O)O)c2ccccc21. The molecule has 0 fully saturated rings. The summed E-state index contributed by atoms with van der Waals surface area (Å²) < 4.78 is 1.66. The molecule has 0 saturated heterocycles. The largest absolute Gasteiger partial charge is 0.481 e. The van der Waals surface area contributed by atoms with Gasteiger partial charge >= 0.3 is 5.97 Å². The number of fused-ring (bicyclic) bond motifs is 1. The molecule has 0 atom stereocenters. The second-order valence-electron chi connectivity index (χ2n) is 5.43. The number of aliphatic carboxylic acids is 1. The molecule has 1 N–H and O–H groups in total. The topological polar surface area (TPSA) is 59.3 Å². The number of nitrogens with zero attached hydrogens (tertiary/aromatic N) is 1. The van der Waals surface area contributed by atoms with Crippen molar-refractivity contribution in [2.24, 2.45) is 5.92 Å². The van der Waals surface area contributed by atoms with Crippen molar-refractivity contribution in [3.63, 3.8) is 0 Å². The summed E-state index contributed by atoms with van der Waals surface area (Å²) in [5.41, 5.74) is 1.78. The Hall–Kier alpha value is -2.10. The lowest BCUT2D eigenvalue weighted by atomic mass is 10.1. The number of rotatable bonds is 5. The lowest BCUT2D eigenvalue weighted by Crippen LogP contribution is -2.11. The van der Waals surface area contributed by atoms with Crippen molar-refractivity contribution in [1.29, 1.82) is 0 Å². The van der Waals surface area contributed by atoms with Crippen molar-refractivity contribution in [3.8, 4) is 0 Å². The third kappa shape index (κ3) is 3.07. The minimum Gasteiger partial charge on any atom is -0.481 e. The third-order valence-electron chi connectivity index (χ3n) is 3.25. The number of benzene rings is 1. The Morgan fingerprint density at radius 3 is 2.60 bits per heavy atom. The molecule has 0 aliphatic rings. The summed E-state index contributed by atoms with van der Waals surface area (Å²) in [4.78, 5) is 23.0. The Labute approximate surface area is 118 Å². The number of carboxylic acids is 1. The molecule has 1 aromatic heterocycles. The first-order valence-corrected chi connectivity index (χ1v) is 6.83. The lowest BCUT2D eigenvalue weighted by molar-refractivity contribution is -0.136. The van der Waals surface area contributed by atoms with Crippen LogP contribution >= 0.6 is 0 Å². The van der Waals surface area contributed by atoms with Crippen molar-refractivity contribution >= 4 is 22.8 Å². The van der Waals surface area contributed by atoms with E-state index in [1.165, 1.54) is 0 Å². The molecule has 0 radical (unpaired) electrons. The molecule has 0 bridgehead atoms. The average Bonchev–Trinajstić information content (AvgIpc) is 2.74. The summed E-state index contributed by atoms with van der Waals surface area (Å²) in [5, 5.41) is 9.77. The fourth-order valence-electron chi connectivity index (χ4n) is 2.34. The fourth-order valence-corrected chi connectivity index (χ4v) is 2.34. The van der Waals surface area contributed by atoms with Gasteiger partial charge < -0.3 is 5.11 Å². The number of aryl methyl sites for hydroxylation is 1. The monoisotopic (exact) mass is 273 g/mol. The Morgan fingerprint density at radius 1 is 1.25 bits per heavy atom. The maximum absolute atomic E-state index is 12.3. The van der Waals surface area contributed by atoms with Gasteiger partial charge in [0.25, 0.3) is 0 Å². The highest BCUT2D eigenvalue weighted by Gasteiger charge is 2.14. The second-order valence-corrected chi connectivity index (χ2v) is 5.43. The van der Waals surface area contributed by atoms with Gasteiger partial charge in [-0.3, -0.25) is 14.2 Å². The van der Waals surface area contributed by atoms with Crippen molar-refractivity contribution < 1.29 is 14.7 Å². The molecule has 106 valence electrons. The molecule has 20 heavy (non-hydrogen) atoms. The van der Waals surface area contributed by atoms with Gasteiger partial charge in [-0.25, -0.2) is 0 Å². The highest BCUT2D eigenvalue weighted by molar-refractivity contribution is 5.94. The number of hydrogen-bond acceptors (Lipinski definition) is 2. The van der Waals surface area contributed by atoms with Crippen molar-refractivity contribution in [3.05, 3.63) is 36.0 Å². The van der Waals surface area contributed by atoms with Crippen LogP contribution < -0.4 is 0 Å². The van der Waals surface area contributed by atoms with Crippen LogP contribution in [0.2, 0.25) is 0 Å². The van der Waals surface area contributed by atoms with E-state index in [9.17, 15) is 9.59 Å². The highest BCUT2D eigenvalue weighted by Crippen LogP contribution is 2.23. The number of aromatic nitrogens is 1. The van der Waals surface area contributed by atoms with Gasteiger partial charge in [0, 0.05) is 24.4 Å². The molecule has 1 aromatic carbocycles. The Balaban J connectivity index is 2.40. The van der Waals surface area contributed by atoms with Crippen LogP contribution in [0.5, 0.6) is 0 Å². The normalized spacial score (nSPS) is 11.2. The molecule has 2 rings (SSSR count). The number of para-hydroxylation sites is 1. The summed E-state index contributed by atoms with van der Waals surface area (Å²) in [6.45, 7) is 4.02. The van der Waals surface area contributed by atoms with Crippen LogP contribution in [0.3, 0.4) is 0 Å². The summed E-state index contributed by atoms with van der Waals surface area (Å²) in [6, 6.07) is 7.63. The van der Waals surface area contributed by atoms with Crippen LogP contribution in [0.4, 0.5) is 0 Å². The zero-order chi connectivity index (χ0) is 14.7. The van der Waals surface area contributed by atoms with Gasteiger partial charge in [-0.05, 0) is 24.0 Å². The first-order chi connectivity index (χ1) is 9.49. The molecular formula is C16H19NO3. The molecule has 4 nitrogen and oxygen atoms in total. The van der Waals surface area contributed by atoms with E-state index in [1.807, 2.05) is 38.1 Å². The summed E-state index contributed by atoms with van der Waals surface area (Å²) in [5.74, 6) is -0.473. The fraction of sp³-hybridized carbons (Fsp3) is 0.375. The molecule has 0 spiro atoms. The van der Waals surface area contributed by atoms with E-state index >= 15 is 0 Å². The van der Waals surface area contributed by atoms with Crippen LogP contribution in [0.25, 0.3) is 10.9 Å². The standard InChI is InChI=1S/C16H19NO3/c1-11(2)9-15(18)17-10-12(7-8-16(19)20)13-5-3-4-6-14(13)17/h3-6,10-11H,7-9H2,1-2H3,(H,19,20). The van der Waals surface area contributed by atoms with E-state index < -0.39 is 5.97 Å². The Bertz CT molecular complexity index is 640. The Morgan fingerprint density at radius 2 is 1.95 bits per heavy atom. The molecule has 1 heterocycles. The first kappa shape index (κ1) is 14.3. The van der Waals surface area contributed by atoms with E-state index in [2.05, 4.69) is 0 Å².